The highest BCUT2D eigenvalue weighted by atomic mass is 16.1. The van der Waals surface area contributed by atoms with Gasteiger partial charge in [-0.2, -0.15) is 0 Å². The van der Waals surface area contributed by atoms with Crippen molar-refractivity contribution in [3.8, 4) is 11.4 Å². The van der Waals surface area contributed by atoms with Gasteiger partial charge < -0.3 is 15.2 Å². The first-order valence-electron chi connectivity index (χ1n) is 12.2. The van der Waals surface area contributed by atoms with E-state index in [9.17, 15) is 4.79 Å². The number of hydrogen-bond donors (Lipinski definition) is 2. The van der Waals surface area contributed by atoms with E-state index in [0.29, 0.717) is 29.3 Å². The smallest absolute Gasteiger partial charge is 0.251 e. The molecule has 34 heavy (non-hydrogen) atoms. The van der Waals surface area contributed by atoms with Gasteiger partial charge in [-0.25, -0.2) is 15.0 Å². The summed E-state index contributed by atoms with van der Waals surface area (Å²) in [5, 5.41) is 6.48. The van der Waals surface area contributed by atoms with Crippen LogP contribution in [-0.2, 0) is 0 Å². The van der Waals surface area contributed by atoms with E-state index >= 15 is 0 Å². The number of hydrogen-bond acceptors (Lipinski definition) is 5. The van der Waals surface area contributed by atoms with Crippen LogP contribution in [0.5, 0.6) is 0 Å². The van der Waals surface area contributed by atoms with Crippen LogP contribution in [0.4, 0.5) is 11.5 Å². The summed E-state index contributed by atoms with van der Waals surface area (Å²) in [5.41, 5.74) is 4.11. The van der Waals surface area contributed by atoms with Gasteiger partial charge in [-0.3, -0.25) is 4.79 Å². The summed E-state index contributed by atoms with van der Waals surface area (Å²) >= 11 is 0. The Morgan fingerprint density at radius 2 is 1.65 bits per heavy atom. The fourth-order valence-corrected chi connectivity index (χ4v) is 4.68. The fraction of sp³-hybridized carbons (Fsp3) is 0.333. The lowest BCUT2D eigenvalue weighted by atomic mass is 9.95. The summed E-state index contributed by atoms with van der Waals surface area (Å²) in [6.07, 6.45) is 10.1. The summed E-state index contributed by atoms with van der Waals surface area (Å²) in [6.45, 7) is 0. The molecule has 2 aliphatic carbocycles. The van der Waals surface area contributed by atoms with E-state index in [1.54, 1.807) is 0 Å². The number of anilines is 2. The molecule has 0 unspecified atom stereocenters. The first-order valence-corrected chi connectivity index (χ1v) is 12.2. The number of benzene rings is 2. The van der Waals surface area contributed by atoms with E-state index in [4.69, 9.17) is 15.0 Å². The van der Waals surface area contributed by atoms with Gasteiger partial charge in [0.1, 0.15) is 0 Å². The van der Waals surface area contributed by atoms with Crippen LogP contribution in [0.2, 0.25) is 0 Å². The van der Waals surface area contributed by atoms with Crippen molar-refractivity contribution in [2.75, 3.05) is 5.32 Å². The zero-order chi connectivity index (χ0) is 22.9. The molecule has 0 bridgehead atoms. The molecule has 6 rings (SSSR count). The second-order valence-electron chi connectivity index (χ2n) is 9.33. The highest BCUT2D eigenvalue weighted by Crippen LogP contribution is 2.33. The average Bonchev–Trinajstić information content (AvgIpc) is 3.60. The second kappa shape index (κ2) is 8.89. The summed E-state index contributed by atoms with van der Waals surface area (Å²) in [7, 11) is 0. The molecule has 0 radical (unpaired) electrons. The Hall–Kier alpha value is -3.74. The zero-order valence-electron chi connectivity index (χ0n) is 19.1. The third-order valence-corrected chi connectivity index (χ3v) is 6.74. The Balaban J connectivity index is 1.39. The molecule has 0 spiro atoms. The molecule has 2 N–H and O–H groups in total. The number of rotatable bonds is 6. The normalized spacial score (nSPS) is 16.5. The lowest BCUT2D eigenvalue weighted by molar-refractivity contribution is 0.0951. The molecule has 2 aromatic carbocycles. The van der Waals surface area contributed by atoms with Crippen LogP contribution in [0.25, 0.3) is 22.6 Å². The van der Waals surface area contributed by atoms with E-state index in [0.717, 1.165) is 48.1 Å². The van der Waals surface area contributed by atoms with Crippen molar-refractivity contribution < 1.29 is 4.79 Å². The third kappa shape index (κ3) is 4.25. The van der Waals surface area contributed by atoms with Gasteiger partial charge in [0.05, 0.1) is 6.33 Å². The van der Waals surface area contributed by atoms with Crippen LogP contribution >= 0.6 is 0 Å². The van der Waals surface area contributed by atoms with Crippen LogP contribution in [0, 0.1) is 0 Å². The first-order chi connectivity index (χ1) is 16.7. The standard InChI is InChI=1S/C27H28N6O/c34-27(30-21-15-16-21)19-13-11-18(12-14-19)24-31-25(29-20-7-3-1-4-8-20)23-26(32-24)33(17-28-23)22-9-5-2-6-10-22/h1,3-4,7-8,11-14,17,21-22H,2,5-6,9-10,15-16H2,(H,30,34)(H,29,31,32). The number of aromatic nitrogens is 4. The van der Waals surface area contributed by atoms with Gasteiger partial charge in [-0.05, 0) is 49.9 Å². The van der Waals surface area contributed by atoms with Crippen molar-refractivity contribution in [2.45, 2.75) is 57.0 Å². The van der Waals surface area contributed by atoms with Crippen LogP contribution < -0.4 is 10.6 Å². The average molecular weight is 453 g/mol. The lowest BCUT2D eigenvalue weighted by Crippen LogP contribution is -2.25. The number of fused-ring (bicyclic) bond motifs is 1. The third-order valence-electron chi connectivity index (χ3n) is 6.74. The molecule has 2 aromatic heterocycles. The number of carbonyl (C=O) groups excluding carboxylic acids is 1. The molecular weight excluding hydrogens is 424 g/mol. The van der Waals surface area contributed by atoms with Gasteiger partial charge >= 0.3 is 0 Å². The maximum absolute atomic E-state index is 12.4. The number of carbonyl (C=O) groups is 1. The molecule has 0 saturated heterocycles. The second-order valence-corrected chi connectivity index (χ2v) is 9.33. The summed E-state index contributed by atoms with van der Waals surface area (Å²) < 4.78 is 2.23. The Labute approximate surface area is 198 Å². The molecule has 2 heterocycles. The van der Waals surface area contributed by atoms with Gasteiger partial charge in [-0.1, -0.05) is 49.6 Å². The van der Waals surface area contributed by atoms with Crippen LogP contribution in [-0.4, -0.2) is 31.5 Å². The molecule has 7 heteroatoms. The minimum Gasteiger partial charge on any atom is -0.349 e. The van der Waals surface area contributed by atoms with Crippen LogP contribution in [0.1, 0.15) is 61.3 Å². The van der Waals surface area contributed by atoms with Gasteiger partial charge in [0, 0.05) is 28.9 Å². The van der Waals surface area contributed by atoms with Gasteiger partial charge in [0.25, 0.3) is 5.91 Å². The molecule has 172 valence electrons. The maximum atomic E-state index is 12.4. The summed E-state index contributed by atoms with van der Waals surface area (Å²) in [6, 6.07) is 18.3. The van der Waals surface area contributed by atoms with Crippen molar-refractivity contribution in [1.82, 2.24) is 24.8 Å². The van der Waals surface area contributed by atoms with E-state index in [1.807, 2.05) is 60.9 Å². The molecule has 2 saturated carbocycles. The largest absolute Gasteiger partial charge is 0.349 e. The number of nitrogens with one attached hydrogen (secondary N) is 2. The van der Waals surface area contributed by atoms with E-state index in [2.05, 4.69) is 15.2 Å². The lowest BCUT2D eigenvalue weighted by Gasteiger charge is -2.23. The van der Waals surface area contributed by atoms with E-state index in [-0.39, 0.29) is 5.91 Å². The predicted molar refractivity (Wildman–Crippen MR) is 133 cm³/mol. The molecule has 2 fully saturated rings. The molecule has 0 aliphatic heterocycles. The minimum atomic E-state index is -0.0211. The van der Waals surface area contributed by atoms with Crippen molar-refractivity contribution in [2.24, 2.45) is 0 Å². The Kier molecular flexibility index (Phi) is 5.45. The Morgan fingerprint density at radius 3 is 2.38 bits per heavy atom. The Morgan fingerprint density at radius 1 is 0.882 bits per heavy atom. The topological polar surface area (TPSA) is 84.7 Å². The molecule has 4 aromatic rings. The SMILES string of the molecule is O=C(NC1CC1)c1ccc(-c2nc(Nc3ccccc3)c3ncn(C4CCCCC4)c3n2)cc1. The predicted octanol–water partition coefficient (Wildman–Crippen LogP) is 5.63. The highest BCUT2D eigenvalue weighted by molar-refractivity contribution is 5.95. The molecule has 0 atom stereocenters. The van der Waals surface area contributed by atoms with Gasteiger partial charge in [-0.15, -0.1) is 0 Å². The van der Waals surface area contributed by atoms with Gasteiger partial charge in [0.2, 0.25) is 0 Å². The van der Waals surface area contributed by atoms with Gasteiger partial charge in [0.15, 0.2) is 22.8 Å². The quantitative estimate of drug-likeness (QED) is 0.396. The van der Waals surface area contributed by atoms with E-state index in [1.165, 1.54) is 19.3 Å². The van der Waals surface area contributed by atoms with Crippen molar-refractivity contribution >= 4 is 28.6 Å². The van der Waals surface area contributed by atoms with Crippen molar-refractivity contribution in [3.05, 3.63) is 66.5 Å². The number of amides is 1. The van der Waals surface area contributed by atoms with Crippen molar-refractivity contribution in [1.29, 1.82) is 0 Å². The summed E-state index contributed by atoms with van der Waals surface area (Å²) in [5.74, 6) is 1.29. The first kappa shape index (κ1) is 20.8. The van der Waals surface area contributed by atoms with Crippen LogP contribution in [0.15, 0.2) is 60.9 Å². The fourth-order valence-electron chi connectivity index (χ4n) is 4.68. The molecule has 7 nitrogen and oxygen atoms in total. The summed E-state index contributed by atoms with van der Waals surface area (Å²) in [4.78, 5) is 26.9. The maximum Gasteiger partial charge on any atom is 0.251 e. The minimum absolute atomic E-state index is 0.0211. The number of imidazole rings is 1. The number of para-hydroxylation sites is 1. The molecule has 2 aliphatic rings. The van der Waals surface area contributed by atoms with E-state index < -0.39 is 0 Å². The van der Waals surface area contributed by atoms with Crippen LogP contribution in [0.3, 0.4) is 0 Å². The number of nitrogens with zero attached hydrogens (tertiary/aromatic N) is 4. The Bertz CT molecular complexity index is 1300. The monoisotopic (exact) mass is 452 g/mol. The highest BCUT2D eigenvalue weighted by Gasteiger charge is 2.24. The zero-order valence-corrected chi connectivity index (χ0v) is 19.1. The molecular formula is C27H28N6O. The molecule has 1 amide bonds. The van der Waals surface area contributed by atoms with Crippen molar-refractivity contribution in [3.63, 3.8) is 0 Å².